The van der Waals surface area contributed by atoms with Crippen molar-refractivity contribution in [3.05, 3.63) is 21.9 Å². The van der Waals surface area contributed by atoms with E-state index in [0.717, 1.165) is 13.1 Å². The second-order valence-electron chi connectivity index (χ2n) is 2.94. The Bertz CT molecular complexity index is 232. The standard InChI is InChI=1S/C9H16N2S/c1-7-3-4-9(12-7)8(5-10)6-11-2/h3-4,8,11H,5-6,10H2,1-2H3. The molecule has 68 valence electrons. The van der Waals surface area contributed by atoms with Crippen molar-refractivity contribution in [2.75, 3.05) is 20.1 Å². The average molecular weight is 184 g/mol. The lowest BCUT2D eigenvalue weighted by Crippen LogP contribution is -2.23. The van der Waals surface area contributed by atoms with Crippen LogP contribution in [-0.4, -0.2) is 20.1 Å². The van der Waals surface area contributed by atoms with Crippen molar-refractivity contribution in [1.29, 1.82) is 0 Å². The molecule has 0 fully saturated rings. The lowest BCUT2D eigenvalue weighted by Gasteiger charge is -2.11. The van der Waals surface area contributed by atoms with E-state index in [4.69, 9.17) is 5.73 Å². The third kappa shape index (κ3) is 2.30. The third-order valence-corrected chi connectivity index (χ3v) is 3.06. The molecule has 12 heavy (non-hydrogen) atoms. The van der Waals surface area contributed by atoms with E-state index in [1.54, 1.807) is 0 Å². The molecule has 0 aromatic carbocycles. The predicted octanol–water partition coefficient (Wildman–Crippen LogP) is 1.32. The number of nitrogens with two attached hydrogens (primary N) is 1. The maximum Gasteiger partial charge on any atom is 0.0180 e. The molecule has 0 amide bonds. The van der Waals surface area contributed by atoms with Gasteiger partial charge in [-0.3, -0.25) is 0 Å². The number of hydrogen-bond donors (Lipinski definition) is 2. The van der Waals surface area contributed by atoms with E-state index in [1.807, 2.05) is 18.4 Å². The monoisotopic (exact) mass is 184 g/mol. The van der Waals surface area contributed by atoms with Gasteiger partial charge in [-0.05, 0) is 26.1 Å². The smallest absolute Gasteiger partial charge is 0.0180 e. The summed E-state index contributed by atoms with van der Waals surface area (Å²) in [6.07, 6.45) is 0. The van der Waals surface area contributed by atoms with E-state index in [0.29, 0.717) is 5.92 Å². The summed E-state index contributed by atoms with van der Waals surface area (Å²) in [5.41, 5.74) is 5.67. The Morgan fingerprint density at radius 3 is 2.75 bits per heavy atom. The molecule has 1 atom stereocenters. The van der Waals surface area contributed by atoms with Gasteiger partial charge in [0.25, 0.3) is 0 Å². The summed E-state index contributed by atoms with van der Waals surface area (Å²) in [5, 5.41) is 3.15. The van der Waals surface area contributed by atoms with Crippen LogP contribution in [0.1, 0.15) is 15.7 Å². The van der Waals surface area contributed by atoms with Crippen molar-refractivity contribution in [3.63, 3.8) is 0 Å². The minimum atomic E-state index is 0.480. The number of likely N-dealkylation sites (N-methyl/N-ethyl adjacent to an activating group) is 1. The molecule has 0 saturated carbocycles. The van der Waals surface area contributed by atoms with Crippen LogP contribution >= 0.6 is 11.3 Å². The molecule has 2 nitrogen and oxygen atoms in total. The zero-order valence-electron chi connectivity index (χ0n) is 7.63. The first-order valence-electron chi connectivity index (χ1n) is 4.19. The van der Waals surface area contributed by atoms with Crippen molar-refractivity contribution in [1.82, 2.24) is 5.32 Å². The van der Waals surface area contributed by atoms with Gasteiger partial charge in [-0.15, -0.1) is 11.3 Å². The molecule has 0 bridgehead atoms. The number of aryl methyl sites for hydroxylation is 1. The van der Waals surface area contributed by atoms with Crippen LogP contribution in [-0.2, 0) is 0 Å². The first-order chi connectivity index (χ1) is 5.77. The normalized spacial score (nSPS) is 13.2. The van der Waals surface area contributed by atoms with Gasteiger partial charge in [0.2, 0.25) is 0 Å². The highest BCUT2D eigenvalue weighted by atomic mass is 32.1. The summed E-state index contributed by atoms with van der Waals surface area (Å²) in [6.45, 7) is 3.82. The van der Waals surface area contributed by atoms with E-state index in [2.05, 4.69) is 24.4 Å². The summed E-state index contributed by atoms with van der Waals surface area (Å²) in [4.78, 5) is 2.75. The zero-order chi connectivity index (χ0) is 8.97. The summed E-state index contributed by atoms with van der Waals surface area (Å²) in [5.74, 6) is 0.480. The SMILES string of the molecule is CNCC(CN)c1ccc(C)s1. The molecule has 0 spiro atoms. The fourth-order valence-corrected chi connectivity index (χ4v) is 2.21. The van der Waals surface area contributed by atoms with Gasteiger partial charge in [0.15, 0.2) is 0 Å². The van der Waals surface area contributed by atoms with E-state index in [9.17, 15) is 0 Å². The van der Waals surface area contributed by atoms with Gasteiger partial charge < -0.3 is 11.1 Å². The molecule has 0 saturated heterocycles. The Kier molecular flexibility index (Phi) is 3.72. The Labute approximate surface area is 77.8 Å². The zero-order valence-corrected chi connectivity index (χ0v) is 8.45. The maximum absolute atomic E-state index is 5.67. The van der Waals surface area contributed by atoms with Crippen LogP contribution in [0, 0.1) is 6.92 Å². The van der Waals surface area contributed by atoms with Crippen molar-refractivity contribution >= 4 is 11.3 Å². The molecular weight excluding hydrogens is 168 g/mol. The van der Waals surface area contributed by atoms with Crippen LogP contribution in [0.2, 0.25) is 0 Å². The van der Waals surface area contributed by atoms with Crippen LogP contribution in [0.25, 0.3) is 0 Å². The van der Waals surface area contributed by atoms with Gasteiger partial charge in [-0.2, -0.15) is 0 Å². The molecule has 1 aromatic rings. The van der Waals surface area contributed by atoms with Gasteiger partial charge >= 0.3 is 0 Å². The molecule has 3 N–H and O–H groups in total. The Balaban J connectivity index is 2.66. The highest BCUT2D eigenvalue weighted by molar-refractivity contribution is 7.12. The van der Waals surface area contributed by atoms with Crippen LogP contribution in [0.3, 0.4) is 0 Å². The largest absolute Gasteiger partial charge is 0.330 e. The van der Waals surface area contributed by atoms with Gasteiger partial charge in [-0.25, -0.2) is 0 Å². The number of thiophene rings is 1. The van der Waals surface area contributed by atoms with Crippen LogP contribution in [0.15, 0.2) is 12.1 Å². The number of rotatable bonds is 4. The first kappa shape index (κ1) is 9.71. The quantitative estimate of drug-likeness (QED) is 0.740. The Hall–Kier alpha value is -0.380. The summed E-state index contributed by atoms with van der Waals surface area (Å²) in [6, 6.07) is 4.33. The van der Waals surface area contributed by atoms with E-state index in [1.165, 1.54) is 9.75 Å². The fourth-order valence-electron chi connectivity index (χ4n) is 1.22. The molecular formula is C9H16N2S. The van der Waals surface area contributed by atoms with Crippen molar-refractivity contribution in [2.45, 2.75) is 12.8 Å². The summed E-state index contributed by atoms with van der Waals surface area (Å²) in [7, 11) is 1.96. The molecule has 0 aliphatic rings. The Morgan fingerprint density at radius 1 is 1.58 bits per heavy atom. The van der Waals surface area contributed by atoms with Crippen molar-refractivity contribution < 1.29 is 0 Å². The maximum atomic E-state index is 5.67. The molecule has 3 heteroatoms. The molecule has 0 aliphatic carbocycles. The molecule has 1 rings (SSSR count). The molecule has 0 radical (unpaired) electrons. The van der Waals surface area contributed by atoms with E-state index >= 15 is 0 Å². The van der Waals surface area contributed by atoms with Crippen LogP contribution < -0.4 is 11.1 Å². The first-order valence-corrected chi connectivity index (χ1v) is 5.00. The molecule has 1 unspecified atom stereocenters. The highest BCUT2D eigenvalue weighted by Gasteiger charge is 2.09. The van der Waals surface area contributed by atoms with Crippen molar-refractivity contribution in [3.8, 4) is 0 Å². The second kappa shape index (κ2) is 4.60. The van der Waals surface area contributed by atoms with E-state index in [-0.39, 0.29) is 0 Å². The van der Waals surface area contributed by atoms with E-state index < -0.39 is 0 Å². The third-order valence-electron chi connectivity index (χ3n) is 1.90. The van der Waals surface area contributed by atoms with Gasteiger partial charge in [0, 0.05) is 28.8 Å². The molecule has 1 aromatic heterocycles. The molecule has 1 heterocycles. The lowest BCUT2D eigenvalue weighted by atomic mass is 10.1. The average Bonchev–Trinajstić information content (AvgIpc) is 2.47. The van der Waals surface area contributed by atoms with Gasteiger partial charge in [0.1, 0.15) is 0 Å². The Morgan fingerprint density at radius 2 is 2.33 bits per heavy atom. The minimum absolute atomic E-state index is 0.480. The van der Waals surface area contributed by atoms with Crippen LogP contribution in [0.4, 0.5) is 0 Å². The highest BCUT2D eigenvalue weighted by Crippen LogP contribution is 2.22. The molecule has 0 aliphatic heterocycles. The minimum Gasteiger partial charge on any atom is -0.330 e. The number of nitrogens with one attached hydrogen (secondary N) is 1. The second-order valence-corrected chi connectivity index (χ2v) is 4.26. The van der Waals surface area contributed by atoms with Crippen LogP contribution in [0.5, 0.6) is 0 Å². The number of hydrogen-bond acceptors (Lipinski definition) is 3. The summed E-state index contributed by atoms with van der Waals surface area (Å²) < 4.78 is 0. The summed E-state index contributed by atoms with van der Waals surface area (Å²) >= 11 is 1.84. The van der Waals surface area contributed by atoms with Gasteiger partial charge in [0.05, 0.1) is 0 Å². The predicted molar refractivity (Wildman–Crippen MR) is 54.8 cm³/mol. The van der Waals surface area contributed by atoms with Gasteiger partial charge in [-0.1, -0.05) is 0 Å². The fraction of sp³-hybridized carbons (Fsp3) is 0.556. The lowest BCUT2D eigenvalue weighted by molar-refractivity contribution is 0.646. The van der Waals surface area contributed by atoms with Crippen molar-refractivity contribution in [2.24, 2.45) is 5.73 Å². The topological polar surface area (TPSA) is 38.0 Å².